The van der Waals surface area contributed by atoms with Crippen LogP contribution in [0.4, 0.5) is 4.39 Å². The van der Waals surface area contributed by atoms with Gasteiger partial charge >= 0.3 is 0 Å². The van der Waals surface area contributed by atoms with Crippen LogP contribution in [0.3, 0.4) is 0 Å². The van der Waals surface area contributed by atoms with E-state index in [1.807, 2.05) is 0 Å². The summed E-state index contributed by atoms with van der Waals surface area (Å²) in [5.74, 6) is 1.04. The highest BCUT2D eigenvalue weighted by Gasteiger charge is 2.44. The van der Waals surface area contributed by atoms with Crippen molar-refractivity contribution in [2.75, 3.05) is 13.9 Å². The number of rotatable bonds is 5. The molecule has 2 aromatic carbocycles. The van der Waals surface area contributed by atoms with Crippen molar-refractivity contribution in [3.8, 4) is 5.75 Å². The van der Waals surface area contributed by atoms with Crippen LogP contribution in [0.2, 0.25) is 0 Å². The van der Waals surface area contributed by atoms with Gasteiger partial charge in [0.2, 0.25) is 0 Å². The van der Waals surface area contributed by atoms with E-state index >= 15 is 4.39 Å². The van der Waals surface area contributed by atoms with Crippen LogP contribution in [-0.4, -0.2) is 13.9 Å². The minimum atomic E-state index is -0.310. The van der Waals surface area contributed by atoms with Gasteiger partial charge in [-0.2, -0.15) is 0 Å². The maximum absolute atomic E-state index is 15.5. The average molecular weight is 545 g/mol. The van der Waals surface area contributed by atoms with Gasteiger partial charge in [0, 0.05) is 30.1 Å². The molecule has 0 fully saturated rings. The summed E-state index contributed by atoms with van der Waals surface area (Å²) < 4.78 is 27.2. The predicted molar refractivity (Wildman–Crippen MR) is 167 cm³/mol. The van der Waals surface area contributed by atoms with Crippen molar-refractivity contribution in [1.29, 1.82) is 0 Å². The van der Waals surface area contributed by atoms with Gasteiger partial charge in [0.05, 0.1) is 0 Å². The minimum absolute atomic E-state index is 0.0196. The van der Waals surface area contributed by atoms with Gasteiger partial charge in [-0.05, 0) is 76.0 Å². The summed E-state index contributed by atoms with van der Waals surface area (Å²) >= 11 is 0. The van der Waals surface area contributed by atoms with E-state index in [1.54, 1.807) is 19.2 Å². The highest BCUT2D eigenvalue weighted by atomic mass is 19.1. The highest BCUT2D eigenvalue weighted by Crippen LogP contribution is 2.58. The number of benzene rings is 2. The Morgan fingerprint density at radius 2 is 1.52 bits per heavy atom. The van der Waals surface area contributed by atoms with Crippen molar-refractivity contribution in [3.05, 3.63) is 93.3 Å². The number of halogens is 1. The second kappa shape index (κ2) is 10.6. The Labute approximate surface area is 242 Å². The molecular weight excluding hydrogens is 495 g/mol. The number of methoxy groups -OCH3 is 1. The highest BCUT2D eigenvalue weighted by molar-refractivity contribution is 5.81. The van der Waals surface area contributed by atoms with Gasteiger partial charge in [0.1, 0.15) is 11.6 Å². The zero-order valence-corrected chi connectivity index (χ0v) is 26.8. The Balaban J connectivity index is 2.05. The number of allylic oxidation sites excluding steroid dienone is 6. The molecule has 3 atom stereocenters. The van der Waals surface area contributed by atoms with Gasteiger partial charge in [0.25, 0.3) is 0 Å². The largest absolute Gasteiger partial charge is 0.467 e. The van der Waals surface area contributed by atoms with E-state index in [2.05, 4.69) is 113 Å². The van der Waals surface area contributed by atoms with Gasteiger partial charge in [-0.1, -0.05) is 104 Å². The maximum Gasteiger partial charge on any atom is 0.188 e. The molecule has 0 spiro atoms. The zero-order chi connectivity index (χ0) is 29.8. The summed E-state index contributed by atoms with van der Waals surface area (Å²) in [5.41, 5.74) is 9.13. The zero-order valence-electron chi connectivity index (χ0n) is 26.8. The van der Waals surface area contributed by atoms with E-state index in [9.17, 15) is 0 Å². The number of ether oxygens (including phenoxy) is 2. The molecule has 2 aliphatic rings. The van der Waals surface area contributed by atoms with Crippen molar-refractivity contribution in [1.82, 2.24) is 0 Å². The lowest BCUT2D eigenvalue weighted by Gasteiger charge is -2.33. The first-order chi connectivity index (χ1) is 18.4. The fraction of sp³-hybridized carbons (Fsp3) is 0.514. The van der Waals surface area contributed by atoms with Crippen molar-refractivity contribution >= 4 is 5.57 Å². The van der Waals surface area contributed by atoms with Crippen molar-refractivity contribution in [2.24, 2.45) is 11.3 Å². The molecule has 0 aromatic heterocycles. The lowest BCUT2D eigenvalue weighted by Crippen LogP contribution is -2.20. The van der Waals surface area contributed by atoms with E-state index in [1.165, 1.54) is 27.8 Å². The van der Waals surface area contributed by atoms with E-state index in [0.29, 0.717) is 0 Å². The standard InChI is InChI=1S/C37H49FO2/c1-22(2)32(30-19-25(38)20-31(37(9,10)11)34(30)40-21-39-12)33-28-17-23(35(3,4)5)13-15-26(28)27-16-14-24(18-29(27)33)36(6,7)8/h13-20,26,28,33H,21H2,1-12H3. The monoisotopic (exact) mass is 544 g/mol. The first-order valence-electron chi connectivity index (χ1n) is 14.6. The van der Waals surface area contributed by atoms with E-state index in [0.717, 1.165) is 22.4 Å². The molecule has 2 aromatic rings. The molecular formula is C37H49FO2. The summed E-state index contributed by atoms with van der Waals surface area (Å²) in [6.07, 6.45) is 7.22. The smallest absolute Gasteiger partial charge is 0.188 e. The van der Waals surface area contributed by atoms with Crippen LogP contribution in [-0.2, 0) is 15.6 Å². The molecule has 4 rings (SSSR count). The molecule has 2 aliphatic carbocycles. The molecule has 3 heteroatoms. The number of hydrogen-bond acceptors (Lipinski definition) is 2. The van der Waals surface area contributed by atoms with Gasteiger partial charge < -0.3 is 9.47 Å². The fourth-order valence-electron chi connectivity index (χ4n) is 6.36. The lowest BCUT2D eigenvalue weighted by atomic mass is 9.71. The Kier molecular flexibility index (Phi) is 8.06. The van der Waals surface area contributed by atoms with E-state index in [-0.39, 0.29) is 46.6 Å². The normalized spacial score (nSPS) is 20.6. The number of hydrogen-bond donors (Lipinski definition) is 0. The summed E-state index contributed by atoms with van der Waals surface area (Å²) in [6, 6.07) is 10.4. The molecule has 40 heavy (non-hydrogen) atoms. The fourth-order valence-corrected chi connectivity index (χ4v) is 6.36. The predicted octanol–water partition coefficient (Wildman–Crippen LogP) is 10.2. The first-order valence-corrected chi connectivity index (χ1v) is 14.6. The molecule has 3 unspecified atom stereocenters. The second-order valence-electron chi connectivity index (χ2n) is 15.0. The first kappa shape index (κ1) is 30.3. The summed E-state index contributed by atoms with van der Waals surface area (Å²) in [7, 11) is 1.63. The molecule has 0 N–H and O–H groups in total. The van der Waals surface area contributed by atoms with Crippen LogP contribution in [0.1, 0.15) is 116 Å². The van der Waals surface area contributed by atoms with Gasteiger partial charge in [0.15, 0.2) is 6.79 Å². The van der Waals surface area contributed by atoms with Crippen LogP contribution in [0.25, 0.3) is 5.57 Å². The topological polar surface area (TPSA) is 18.5 Å². The molecule has 216 valence electrons. The Morgan fingerprint density at radius 3 is 2.08 bits per heavy atom. The number of fused-ring (bicyclic) bond motifs is 3. The Morgan fingerprint density at radius 1 is 0.850 bits per heavy atom. The maximum atomic E-state index is 15.5. The summed E-state index contributed by atoms with van der Waals surface area (Å²) in [5, 5.41) is 0. The lowest BCUT2D eigenvalue weighted by molar-refractivity contribution is 0.0495. The average Bonchev–Trinajstić information content (AvgIpc) is 3.14. The van der Waals surface area contributed by atoms with Crippen LogP contribution in [0, 0.1) is 17.2 Å². The van der Waals surface area contributed by atoms with Gasteiger partial charge in [-0.25, -0.2) is 4.39 Å². The second-order valence-corrected chi connectivity index (χ2v) is 15.0. The summed E-state index contributed by atoms with van der Waals surface area (Å²) in [6.45, 7) is 24.4. The minimum Gasteiger partial charge on any atom is -0.467 e. The van der Waals surface area contributed by atoms with Crippen LogP contribution in [0.15, 0.2) is 59.7 Å². The van der Waals surface area contributed by atoms with Gasteiger partial charge in [-0.3, -0.25) is 0 Å². The van der Waals surface area contributed by atoms with Gasteiger partial charge in [-0.15, -0.1) is 0 Å². The van der Waals surface area contributed by atoms with Crippen LogP contribution in [0.5, 0.6) is 5.75 Å². The molecule has 0 radical (unpaired) electrons. The molecule has 0 aliphatic heterocycles. The van der Waals surface area contributed by atoms with Crippen molar-refractivity contribution in [3.63, 3.8) is 0 Å². The third kappa shape index (κ3) is 5.73. The molecule has 0 saturated heterocycles. The Hall–Kier alpha value is -2.65. The third-order valence-corrected chi connectivity index (χ3v) is 8.49. The molecule has 0 bridgehead atoms. The van der Waals surface area contributed by atoms with Crippen LogP contribution < -0.4 is 4.74 Å². The molecule has 0 saturated carbocycles. The van der Waals surface area contributed by atoms with E-state index < -0.39 is 0 Å². The molecule has 2 nitrogen and oxygen atoms in total. The third-order valence-electron chi connectivity index (χ3n) is 8.49. The van der Waals surface area contributed by atoms with Crippen molar-refractivity contribution < 1.29 is 13.9 Å². The summed E-state index contributed by atoms with van der Waals surface area (Å²) in [4.78, 5) is 0. The van der Waals surface area contributed by atoms with Crippen molar-refractivity contribution in [2.45, 2.75) is 98.8 Å². The quantitative estimate of drug-likeness (QED) is 0.349. The van der Waals surface area contributed by atoms with Crippen LogP contribution >= 0.6 is 0 Å². The Bertz CT molecular complexity index is 1360. The molecule has 0 amide bonds. The molecule has 0 heterocycles. The SMILES string of the molecule is COCOc1c(C(=C(C)C)C2c3cc(C(C)(C)C)ccc3C3C=CC(C(C)(C)C)=CC32)cc(F)cc1C(C)(C)C. The van der Waals surface area contributed by atoms with E-state index in [4.69, 9.17) is 9.47 Å².